The van der Waals surface area contributed by atoms with Crippen LogP contribution in [0.2, 0.25) is 0 Å². The highest BCUT2D eigenvalue weighted by molar-refractivity contribution is 8.22. The van der Waals surface area contributed by atoms with Crippen molar-refractivity contribution >= 4 is 34.2 Å². The number of hydrogen-bond acceptors (Lipinski definition) is 3. The number of ketones is 1. The lowest BCUT2D eigenvalue weighted by Crippen LogP contribution is -2.29. The lowest BCUT2D eigenvalue weighted by Gasteiger charge is -2.29. The quantitative estimate of drug-likeness (QED) is 0.468. The Hall–Kier alpha value is -2.22. The monoisotopic (exact) mass is 380 g/mol. The summed E-state index contributed by atoms with van der Waals surface area (Å²) in [5.74, 6) is 0.809. The molecule has 0 saturated heterocycles. The molecular weight excluding hydrogens is 359 g/mol. The molecule has 3 aromatic rings. The van der Waals surface area contributed by atoms with Crippen molar-refractivity contribution in [2.45, 2.75) is 12.6 Å². The first-order chi connectivity index (χ1) is 12.6. The van der Waals surface area contributed by atoms with Gasteiger partial charge in [-0.1, -0.05) is 72.5 Å². The van der Waals surface area contributed by atoms with Gasteiger partial charge in [-0.05, 0) is 41.8 Å². The Labute approximate surface area is 159 Å². The van der Waals surface area contributed by atoms with Crippen LogP contribution in [0.1, 0.15) is 17.3 Å². The highest BCUT2D eigenvalue weighted by atomic mass is 32.4. The van der Waals surface area contributed by atoms with E-state index in [1.54, 1.807) is 7.11 Å². The Balaban J connectivity index is 2.07. The summed E-state index contributed by atoms with van der Waals surface area (Å²) in [6, 6.07) is 25.1. The van der Waals surface area contributed by atoms with Crippen LogP contribution in [0.5, 0.6) is 5.75 Å². The minimum atomic E-state index is -2.30. The van der Waals surface area contributed by atoms with Crippen molar-refractivity contribution in [2.75, 3.05) is 7.11 Å². The standard InChI is InChI=1S/C22H21O2PS/c1-17(22(23)18-13-15-19(24-2)16-14-18)25(26,20-9-5-3-6-10-20)21-11-7-4-8-12-21/h3-17H,1-2H3. The average Bonchev–Trinajstić information content (AvgIpc) is 2.73. The molecule has 3 rings (SSSR count). The van der Waals surface area contributed by atoms with E-state index in [1.807, 2.05) is 91.9 Å². The molecule has 0 radical (unpaired) electrons. The largest absolute Gasteiger partial charge is 0.497 e. The molecule has 0 aliphatic rings. The summed E-state index contributed by atoms with van der Waals surface area (Å²) in [5.41, 5.74) is 0.370. The zero-order chi connectivity index (χ0) is 18.6. The van der Waals surface area contributed by atoms with Crippen molar-refractivity contribution < 1.29 is 9.53 Å². The molecule has 0 bridgehead atoms. The van der Waals surface area contributed by atoms with Gasteiger partial charge in [-0.3, -0.25) is 4.79 Å². The fraction of sp³-hybridized carbons (Fsp3) is 0.136. The van der Waals surface area contributed by atoms with Crippen LogP contribution in [-0.2, 0) is 11.8 Å². The first-order valence-corrected chi connectivity index (χ1v) is 11.3. The highest BCUT2D eigenvalue weighted by Gasteiger charge is 2.34. The van der Waals surface area contributed by atoms with Crippen LogP contribution in [0, 0.1) is 0 Å². The van der Waals surface area contributed by atoms with Crippen LogP contribution < -0.4 is 15.3 Å². The maximum atomic E-state index is 13.3. The van der Waals surface area contributed by atoms with Gasteiger partial charge in [0.05, 0.1) is 12.8 Å². The van der Waals surface area contributed by atoms with Gasteiger partial charge in [-0.25, -0.2) is 0 Å². The van der Waals surface area contributed by atoms with Gasteiger partial charge in [0.25, 0.3) is 0 Å². The number of carbonyl (C=O) groups is 1. The van der Waals surface area contributed by atoms with Crippen molar-refractivity contribution in [3.05, 3.63) is 90.5 Å². The lowest BCUT2D eigenvalue weighted by molar-refractivity contribution is 0.0992. The van der Waals surface area contributed by atoms with Crippen molar-refractivity contribution in [3.63, 3.8) is 0 Å². The van der Waals surface area contributed by atoms with E-state index in [9.17, 15) is 4.79 Å². The number of Topliss-reactive ketones (excluding diaryl/α,β-unsaturated/α-hetero) is 1. The van der Waals surface area contributed by atoms with Gasteiger partial charge in [0.15, 0.2) is 5.78 Å². The topological polar surface area (TPSA) is 26.3 Å². The molecule has 2 nitrogen and oxygen atoms in total. The Morgan fingerprint density at radius 2 is 1.31 bits per heavy atom. The van der Waals surface area contributed by atoms with Crippen molar-refractivity contribution in [1.29, 1.82) is 0 Å². The summed E-state index contributed by atoms with van der Waals surface area (Å²) in [6.45, 7) is 1.97. The summed E-state index contributed by atoms with van der Waals surface area (Å²) < 4.78 is 5.19. The summed E-state index contributed by atoms with van der Waals surface area (Å²) >= 11 is 6.25. The summed E-state index contributed by atoms with van der Waals surface area (Å²) in [7, 11) is 1.62. The Kier molecular flexibility index (Phi) is 5.70. The molecule has 0 heterocycles. The third-order valence-electron chi connectivity index (χ3n) is 4.58. The molecule has 0 amide bonds. The van der Waals surface area contributed by atoms with Gasteiger partial charge in [-0.2, -0.15) is 0 Å². The Morgan fingerprint density at radius 3 is 1.73 bits per heavy atom. The van der Waals surface area contributed by atoms with Crippen LogP contribution in [0.3, 0.4) is 0 Å². The molecule has 0 fully saturated rings. The molecule has 0 N–H and O–H groups in total. The molecule has 0 saturated carbocycles. The lowest BCUT2D eigenvalue weighted by atomic mass is 10.1. The van der Waals surface area contributed by atoms with E-state index in [4.69, 9.17) is 16.5 Å². The van der Waals surface area contributed by atoms with Crippen LogP contribution in [0.4, 0.5) is 0 Å². The summed E-state index contributed by atoms with van der Waals surface area (Å²) in [5, 5.41) is 2.13. The number of rotatable bonds is 6. The maximum absolute atomic E-state index is 13.3. The maximum Gasteiger partial charge on any atom is 0.171 e. The van der Waals surface area contributed by atoms with Crippen LogP contribution >= 0.6 is 6.04 Å². The number of hydrogen-bond donors (Lipinski definition) is 0. The predicted octanol–water partition coefficient (Wildman–Crippen LogP) is 4.40. The minimum Gasteiger partial charge on any atom is -0.497 e. The fourth-order valence-corrected chi connectivity index (χ4v) is 6.98. The minimum absolute atomic E-state index is 0.0729. The van der Waals surface area contributed by atoms with E-state index in [0.717, 1.165) is 16.4 Å². The second-order valence-electron chi connectivity index (χ2n) is 6.10. The van der Waals surface area contributed by atoms with E-state index in [1.165, 1.54) is 0 Å². The van der Waals surface area contributed by atoms with Crippen LogP contribution in [-0.4, -0.2) is 18.6 Å². The number of methoxy groups -OCH3 is 1. The second kappa shape index (κ2) is 7.99. The number of ether oxygens (including phenoxy) is 1. The van der Waals surface area contributed by atoms with E-state index < -0.39 is 6.04 Å². The Morgan fingerprint density at radius 1 is 0.846 bits per heavy atom. The SMILES string of the molecule is COc1ccc(C(=O)C(C)P(=S)(c2ccccc2)c2ccccc2)cc1. The van der Waals surface area contributed by atoms with Gasteiger partial charge >= 0.3 is 0 Å². The molecule has 132 valence electrons. The Bertz CT molecular complexity index is 878. The molecule has 0 aromatic heterocycles. The predicted molar refractivity (Wildman–Crippen MR) is 113 cm³/mol. The van der Waals surface area contributed by atoms with E-state index >= 15 is 0 Å². The summed E-state index contributed by atoms with van der Waals surface area (Å²) in [4.78, 5) is 13.3. The first-order valence-electron chi connectivity index (χ1n) is 8.46. The zero-order valence-corrected chi connectivity index (χ0v) is 16.5. The summed E-state index contributed by atoms with van der Waals surface area (Å²) in [6.07, 6.45) is 0. The molecule has 3 aromatic carbocycles. The molecule has 0 spiro atoms. The molecule has 26 heavy (non-hydrogen) atoms. The van der Waals surface area contributed by atoms with Crippen molar-refractivity contribution in [2.24, 2.45) is 0 Å². The molecule has 0 aliphatic heterocycles. The molecular formula is C22H21O2PS. The molecule has 1 unspecified atom stereocenters. The number of benzene rings is 3. The van der Waals surface area contributed by atoms with E-state index in [0.29, 0.717) is 5.56 Å². The highest BCUT2D eigenvalue weighted by Crippen LogP contribution is 2.49. The third-order valence-corrected chi connectivity index (χ3v) is 10.2. The molecule has 0 aliphatic carbocycles. The van der Waals surface area contributed by atoms with E-state index in [-0.39, 0.29) is 11.4 Å². The zero-order valence-electron chi connectivity index (χ0n) is 14.8. The van der Waals surface area contributed by atoms with Gasteiger partial charge in [0.1, 0.15) is 5.75 Å². The molecule has 1 atom stereocenters. The molecule has 4 heteroatoms. The normalized spacial score (nSPS) is 12.4. The van der Waals surface area contributed by atoms with Crippen molar-refractivity contribution in [3.8, 4) is 5.75 Å². The van der Waals surface area contributed by atoms with Crippen LogP contribution in [0.25, 0.3) is 0 Å². The van der Waals surface area contributed by atoms with Gasteiger partial charge < -0.3 is 4.74 Å². The van der Waals surface area contributed by atoms with Gasteiger partial charge in [0.2, 0.25) is 0 Å². The van der Waals surface area contributed by atoms with Gasteiger partial charge in [-0.15, -0.1) is 0 Å². The fourth-order valence-electron chi connectivity index (χ4n) is 3.06. The first kappa shape index (κ1) is 18.6. The van der Waals surface area contributed by atoms with Gasteiger partial charge in [0, 0.05) is 11.6 Å². The van der Waals surface area contributed by atoms with Crippen molar-refractivity contribution in [1.82, 2.24) is 0 Å². The van der Waals surface area contributed by atoms with Crippen LogP contribution in [0.15, 0.2) is 84.9 Å². The average molecular weight is 380 g/mol. The number of carbonyl (C=O) groups excluding carboxylic acids is 1. The smallest absolute Gasteiger partial charge is 0.171 e. The third kappa shape index (κ3) is 3.51. The second-order valence-corrected chi connectivity index (χ2v) is 10.9. The van der Waals surface area contributed by atoms with E-state index in [2.05, 4.69) is 0 Å².